The van der Waals surface area contributed by atoms with Crippen LogP contribution in [0.25, 0.3) is 0 Å². The first-order valence-electron chi connectivity index (χ1n) is 8.60. The van der Waals surface area contributed by atoms with Gasteiger partial charge in [-0.25, -0.2) is 4.39 Å². The molecule has 6 nitrogen and oxygen atoms in total. The zero-order valence-corrected chi connectivity index (χ0v) is 16.0. The molecule has 0 aliphatic carbocycles. The molecule has 1 unspecified atom stereocenters. The Morgan fingerprint density at radius 2 is 1.93 bits per heavy atom. The maximum atomic E-state index is 13.6. The number of nitrogens with one attached hydrogen (secondary N) is 2. The molecule has 0 heterocycles. The second kappa shape index (κ2) is 9.97. The van der Waals surface area contributed by atoms with Crippen LogP contribution in [0.2, 0.25) is 0 Å². The molecule has 0 fully saturated rings. The molecule has 0 aromatic heterocycles. The first kappa shape index (κ1) is 20.8. The van der Waals surface area contributed by atoms with E-state index in [0.717, 1.165) is 5.56 Å². The minimum atomic E-state index is -0.536. The normalized spacial score (nSPS) is 11.9. The van der Waals surface area contributed by atoms with Crippen molar-refractivity contribution in [1.82, 2.24) is 10.6 Å². The lowest BCUT2D eigenvalue weighted by atomic mass is 10.1. The SMILES string of the molecule is COc1ccc(C(C)NC(=O)/C(C#N)=C\NCc2ccccc2F)cc1OC. The van der Waals surface area contributed by atoms with Gasteiger partial charge in [0.05, 0.1) is 20.3 Å². The lowest BCUT2D eigenvalue weighted by Gasteiger charge is -2.16. The number of nitriles is 1. The Bertz CT molecular complexity index is 906. The summed E-state index contributed by atoms with van der Waals surface area (Å²) in [5.41, 5.74) is 1.13. The number of hydrogen-bond acceptors (Lipinski definition) is 5. The van der Waals surface area contributed by atoms with Gasteiger partial charge in [-0.05, 0) is 30.7 Å². The number of ether oxygens (including phenoxy) is 2. The Labute approximate surface area is 163 Å². The first-order chi connectivity index (χ1) is 13.5. The summed E-state index contributed by atoms with van der Waals surface area (Å²) < 4.78 is 24.1. The van der Waals surface area contributed by atoms with E-state index in [-0.39, 0.29) is 24.0 Å². The molecule has 0 aliphatic rings. The topological polar surface area (TPSA) is 83.4 Å². The Kier molecular flexibility index (Phi) is 7.40. The molecular weight excluding hydrogens is 361 g/mol. The predicted octanol–water partition coefficient (Wildman–Crippen LogP) is 3.22. The van der Waals surface area contributed by atoms with Crippen molar-refractivity contribution in [2.75, 3.05) is 14.2 Å². The maximum absolute atomic E-state index is 13.6. The lowest BCUT2D eigenvalue weighted by molar-refractivity contribution is -0.117. The van der Waals surface area contributed by atoms with Crippen LogP contribution in [0.5, 0.6) is 11.5 Å². The number of nitrogens with zero attached hydrogens (tertiary/aromatic N) is 1. The molecule has 2 aromatic rings. The molecule has 1 amide bonds. The number of amides is 1. The zero-order valence-electron chi connectivity index (χ0n) is 16.0. The summed E-state index contributed by atoms with van der Waals surface area (Å²) in [6.07, 6.45) is 1.28. The Balaban J connectivity index is 2.03. The summed E-state index contributed by atoms with van der Waals surface area (Å²) in [6.45, 7) is 1.96. The zero-order chi connectivity index (χ0) is 20.5. The highest BCUT2D eigenvalue weighted by Crippen LogP contribution is 2.29. The van der Waals surface area contributed by atoms with E-state index in [1.807, 2.05) is 6.07 Å². The van der Waals surface area contributed by atoms with Crippen LogP contribution in [0.4, 0.5) is 4.39 Å². The van der Waals surface area contributed by atoms with Gasteiger partial charge in [-0.1, -0.05) is 24.3 Å². The fourth-order valence-electron chi connectivity index (χ4n) is 2.53. The molecular formula is C21H22FN3O3. The summed E-state index contributed by atoms with van der Waals surface area (Å²) in [4.78, 5) is 12.4. The van der Waals surface area contributed by atoms with Gasteiger partial charge < -0.3 is 20.1 Å². The average Bonchev–Trinajstić information content (AvgIpc) is 2.71. The Hall–Kier alpha value is -3.53. The van der Waals surface area contributed by atoms with Crippen LogP contribution in [-0.2, 0) is 11.3 Å². The van der Waals surface area contributed by atoms with Crippen LogP contribution in [0, 0.1) is 17.1 Å². The van der Waals surface area contributed by atoms with Gasteiger partial charge in [0.1, 0.15) is 17.5 Å². The van der Waals surface area contributed by atoms with Crippen LogP contribution >= 0.6 is 0 Å². The van der Waals surface area contributed by atoms with Gasteiger partial charge >= 0.3 is 0 Å². The third kappa shape index (κ3) is 5.24. The van der Waals surface area contributed by atoms with Gasteiger partial charge in [-0.2, -0.15) is 5.26 Å². The van der Waals surface area contributed by atoms with E-state index < -0.39 is 5.91 Å². The molecule has 0 bridgehead atoms. The Morgan fingerprint density at radius 1 is 1.21 bits per heavy atom. The summed E-state index contributed by atoms with van der Waals surface area (Å²) in [5.74, 6) is 0.239. The van der Waals surface area contributed by atoms with Gasteiger partial charge in [0, 0.05) is 18.3 Å². The predicted molar refractivity (Wildman–Crippen MR) is 103 cm³/mol. The number of halogens is 1. The number of methoxy groups -OCH3 is 2. The second-order valence-electron chi connectivity index (χ2n) is 5.95. The fourth-order valence-corrected chi connectivity index (χ4v) is 2.53. The molecule has 2 N–H and O–H groups in total. The molecule has 0 aliphatic heterocycles. The quantitative estimate of drug-likeness (QED) is 0.540. The van der Waals surface area contributed by atoms with E-state index >= 15 is 0 Å². The van der Waals surface area contributed by atoms with Crippen molar-refractivity contribution in [2.45, 2.75) is 19.5 Å². The van der Waals surface area contributed by atoms with Gasteiger partial charge in [0.15, 0.2) is 11.5 Å². The molecule has 2 aromatic carbocycles. The molecule has 1 atom stereocenters. The van der Waals surface area contributed by atoms with Crippen molar-refractivity contribution in [3.8, 4) is 17.6 Å². The molecule has 0 saturated carbocycles. The van der Waals surface area contributed by atoms with Crippen LogP contribution in [0.3, 0.4) is 0 Å². The van der Waals surface area contributed by atoms with Crippen molar-refractivity contribution in [2.24, 2.45) is 0 Å². The number of carbonyl (C=O) groups is 1. The van der Waals surface area contributed by atoms with E-state index in [9.17, 15) is 14.4 Å². The number of hydrogen-bond donors (Lipinski definition) is 2. The third-order valence-corrected chi connectivity index (χ3v) is 4.12. The third-order valence-electron chi connectivity index (χ3n) is 4.12. The van der Waals surface area contributed by atoms with Gasteiger partial charge in [0.2, 0.25) is 0 Å². The molecule has 146 valence electrons. The van der Waals surface area contributed by atoms with Gasteiger partial charge in [-0.15, -0.1) is 0 Å². The first-order valence-corrected chi connectivity index (χ1v) is 8.60. The van der Waals surface area contributed by atoms with Crippen molar-refractivity contribution in [1.29, 1.82) is 5.26 Å². The van der Waals surface area contributed by atoms with E-state index in [1.54, 1.807) is 50.4 Å². The summed E-state index contributed by atoms with van der Waals surface area (Å²) in [7, 11) is 3.07. The molecule has 0 saturated heterocycles. The standard InChI is InChI=1S/C21H22FN3O3/c1-14(15-8-9-19(27-2)20(10-15)28-3)25-21(26)17(11-23)13-24-12-16-6-4-5-7-18(16)22/h4-10,13-14,24H,12H2,1-3H3,(H,25,26)/b17-13-. The van der Waals surface area contributed by atoms with Crippen LogP contribution in [-0.4, -0.2) is 20.1 Å². The highest BCUT2D eigenvalue weighted by molar-refractivity contribution is 5.97. The average molecular weight is 383 g/mol. The molecule has 28 heavy (non-hydrogen) atoms. The second-order valence-corrected chi connectivity index (χ2v) is 5.95. The summed E-state index contributed by atoms with van der Waals surface area (Å²) >= 11 is 0. The molecule has 0 spiro atoms. The summed E-state index contributed by atoms with van der Waals surface area (Å²) in [5, 5.41) is 14.8. The van der Waals surface area contributed by atoms with Crippen molar-refractivity contribution in [3.05, 3.63) is 71.2 Å². The van der Waals surface area contributed by atoms with Crippen LogP contribution < -0.4 is 20.1 Å². The van der Waals surface area contributed by atoms with E-state index in [2.05, 4.69) is 10.6 Å². The highest BCUT2D eigenvalue weighted by Gasteiger charge is 2.15. The van der Waals surface area contributed by atoms with Gasteiger partial charge in [0.25, 0.3) is 5.91 Å². The lowest BCUT2D eigenvalue weighted by Crippen LogP contribution is -2.28. The highest BCUT2D eigenvalue weighted by atomic mass is 19.1. The maximum Gasteiger partial charge on any atom is 0.263 e. The number of rotatable bonds is 8. The summed E-state index contributed by atoms with van der Waals surface area (Å²) in [6, 6.07) is 13.1. The van der Waals surface area contributed by atoms with Crippen molar-refractivity contribution >= 4 is 5.91 Å². The smallest absolute Gasteiger partial charge is 0.263 e. The molecule has 7 heteroatoms. The van der Waals surface area contributed by atoms with Crippen molar-refractivity contribution < 1.29 is 18.7 Å². The van der Waals surface area contributed by atoms with E-state index in [4.69, 9.17) is 9.47 Å². The fraction of sp³-hybridized carbons (Fsp3) is 0.238. The molecule has 0 radical (unpaired) electrons. The van der Waals surface area contributed by atoms with Crippen LogP contribution in [0.1, 0.15) is 24.1 Å². The minimum absolute atomic E-state index is 0.108. The van der Waals surface area contributed by atoms with Crippen LogP contribution in [0.15, 0.2) is 54.2 Å². The monoisotopic (exact) mass is 383 g/mol. The minimum Gasteiger partial charge on any atom is -0.493 e. The number of benzene rings is 2. The van der Waals surface area contributed by atoms with E-state index in [0.29, 0.717) is 17.1 Å². The Morgan fingerprint density at radius 3 is 2.57 bits per heavy atom. The van der Waals surface area contributed by atoms with E-state index in [1.165, 1.54) is 19.4 Å². The largest absolute Gasteiger partial charge is 0.493 e. The molecule has 2 rings (SSSR count). The number of carbonyl (C=O) groups excluding carboxylic acids is 1. The van der Waals surface area contributed by atoms with Crippen molar-refractivity contribution in [3.63, 3.8) is 0 Å². The van der Waals surface area contributed by atoms with Gasteiger partial charge in [-0.3, -0.25) is 4.79 Å².